The predicted octanol–water partition coefficient (Wildman–Crippen LogP) is 3.86. The maximum atomic E-state index is 12.5. The zero-order chi connectivity index (χ0) is 18.2. The summed E-state index contributed by atoms with van der Waals surface area (Å²) >= 11 is 1.90. The molecular weight excluding hydrogens is 475 g/mol. The lowest BCUT2D eigenvalue weighted by molar-refractivity contribution is -0.0512. The number of hydrogen-bond donors (Lipinski definition) is 2. The van der Waals surface area contributed by atoms with Crippen molar-refractivity contribution >= 4 is 41.7 Å². The first-order valence-corrected chi connectivity index (χ1v) is 9.46. The first-order chi connectivity index (χ1) is 12.0. The smallest absolute Gasteiger partial charge is 0.387 e. The summed E-state index contributed by atoms with van der Waals surface area (Å²) < 4.78 is 34.6. The molecule has 9 heteroatoms. The Bertz CT molecular complexity index is 593. The van der Waals surface area contributed by atoms with Crippen LogP contribution in [0.15, 0.2) is 23.2 Å². The van der Waals surface area contributed by atoms with Crippen molar-refractivity contribution in [2.75, 3.05) is 20.4 Å². The number of thioether (sulfide) groups is 1. The zero-order valence-corrected chi connectivity index (χ0v) is 18.3. The second kappa shape index (κ2) is 11.7. The minimum Gasteiger partial charge on any atom is -0.493 e. The van der Waals surface area contributed by atoms with Gasteiger partial charge < -0.3 is 20.1 Å². The van der Waals surface area contributed by atoms with Gasteiger partial charge in [0, 0.05) is 24.9 Å². The lowest BCUT2D eigenvalue weighted by Crippen LogP contribution is -2.42. The SMILES string of the molecule is CN=C(NCc1ccc(OC)c(OC(F)F)c1)NC1CCC(SC)C1.I. The van der Waals surface area contributed by atoms with Gasteiger partial charge in [-0.25, -0.2) is 0 Å². The summed E-state index contributed by atoms with van der Waals surface area (Å²) in [6.07, 6.45) is 5.60. The molecule has 0 amide bonds. The van der Waals surface area contributed by atoms with Gasteiger partial charge in [0.2, 0.25) is 0 Å². The number of ether oxygens (including phenoxy) is 2. The number of rotatable bonds is 7. The summed E-state index contributed by atoms with van der Waals surface area (Å²) in [4.78, 5) is 4.23. The van der Waals surface area contributed by atoms with E-state index in [1.165, 1.54) is 13.5 Å². The van der Waals surface area contributed by atoms with E-state index < -0.39 is 6.61 Å². The van der Waals surface area contributed by atoms with Crippen LogP contribution < -0.4 is 20.1 Å². The molecular formula is C17H26F2IN3O2S. The van der Waals surface area contributed by atoms with Crippen LogP contribution >= 0.6 is 35.7 Å². The van der Waals surface area contributed by atoms with Crippen LogP contribution in [0, 0.1) is 0 Å². The molecule has 1 aliphatic carbocycles. The van der Waals surface area contributed by atoms with Crippen molar-refractivity contribution in [3.05, 3.63) is 23.8 Å². The number of guanidine groups is 1. The quantitative estimate of drug-likeness (QED) is 0.338. The van der Waals surface area contributed by atoms with E-state index in [1.54, 1.807) is 25.2 Å². The van der Waals surface area contributed by atoms with Gasteiger partial charge in [-0.05, 0) is 43.2 Å². The Hall–Kier alpha value is -0.970. The summed E-state index contributed by atoms with van der Waals surface area (Å²) in [6, 6.07) is 5.38. The monoisotopic (exact) mass is 501 g/mol. The van der Waals surface area contributed by atoms with Gasteiger partial charge in [0.15, 0.2) is 17.5 Å². The second-order valence-corrected chi connectivity index (χ2v) is 6.94. The largest absolute Gasteiger partial charge is 0.493 e. The van der Waals surface area contributed by atoms with E-state index in [0.29, 0.717) is 23.8 Å². The third kappa shape index (κ3) is 6.98. The van der Waals surface area contributed by atoms with E-state index in [9.17, 15) is 8.78 Å². The highest BCUT2D eigenvalue weighted by molar-refractivity contribution is 14.0. The Labute approximate surface area is 174 Å². The van der Waals surface area contributed by atoms with Gasteiger partial charge in [0.25, 0.3) is 0 Å². The van der Waals surface area contributed by atoms with Crippen LogP contribution in [-0.2, 0) is 6.54 Å². The van der Waals surface area contributed by atoms with E-state index >= 15 is 0 Å². The molecule has 5 nitrogen and oxygen atoms in total. The molecule has 2 N–H and O–H groups in total. The molecule has 26 heavy (non-hydrogen) atoms. The molecule has 1 aromatic carbocycles. The maximum absolute atomic E-state index is 12.5. The number of alkyl halides is 2. The van der Waals surface area contributed by atoms with Crippen molar-refractivity contribution in [1.82, 2.24) is 10.6 Å². The molecule has 2 atom stereocenters. The van der Waals surface area contributed by atoms with Gasteiger partial charge in [0.05, 0.1) is 7.11 Å². The van der Waals surface area contributed by atoms with Gasteiger partial charge >= 0.3 is 6.61 Å². The molecule has 1 saturated carbocycles. The fraction of sp³-hybridized carbons (Fsp3) is 0.588. The first kappa shape index (κ1) is 23.1. The van der Waals surface area contributed by atoms with Gasteiger partial charge in [-0.3, -0.25) is 4.99 Å². The normalized spacial score (nSPS) is 19.8. The summed E-state index contributed by atoms with van der Waals surface area (Å²) in [6.45, 7) is -2.44. The van der Waals surface area contributed by atoms with Gasteiger partial charge in [0.1, 0.15) is 0 Å². The van der Waals surface area contributed by atoms with Crippen LogP contribution in [0.1, 0.15) is 24.8 Å². The van der Waals surface area contributed by atoms with Crippen LogP contribution in [0.25, 0.3) is 0 Å². The van der Waals surface area contributed by atoms with E-state index in [4.69, 9.17) is 4.74 Å². The molecule has 0 aromatic heterocycles. The Morgan fingerprint density at radius 2 is 2.12 bits per heavy atom. The number of hydrogen-bond acceptors (Lipinski definition) is 4. The van der Waals surface area contributed by atoms with E-state index in [-0.39, 0.29) is 35.5 Å². The van der Waals surface area contributed by atoms with Crippen molar-refractivity contribution in [2.24, 2.45) is 4.99 Å². The Kier molecular flexibility index (Phi) is 10.4. The standard InChI is InChI=1S/C17H25F2N3O2S.HI/c1-20-17(22-12-5-6-13(9-12)25-3)21-10-11-4-7-14(23-2)15(8-11)24-16(18)19;/h4,7-8,12-13,16H,5-6,9-10H2,1-3H3,(H2,20,21,22);1H. The van der Waals surface area contributed by atoms with E-state index in [0.717, 1.165) is 18.4 Å². The zero-order valence-electron chi connectivity index (χ0n) is 15.1. The minimum absolute atomic E-state index is 0. The molecule has 0 spiro atoms. The molecule has 0 aliphatic heterocycles. The van der Waals surface area contributed by atoms with Crippen molar-refractivity contribution < 1.29 is 18.3 Å². The molecule has 0 heterocycles. The van der Waals surface area contributed by atoms with Crippen LogP contribution in [-0.4, -0.2) is 44.3 Å². The Morgan fingerprint density at radius 1 is 1.35 bits per heavy atom. The highest BCUT2D eigenvalue weighted by Crippen LogP contribution is 2.30. The molecule has 0 saturated heterocycles. The number of benzene rings is 1. The molecule has 148 valence electrons. The van der Waals surface area contributed by atoms with E-state index in [1.807, 2.05) is 11.8 Å². The maximum Gasteiger partial charge on any atom is 0.387 e. The summed E-state index contributed by atoms with van der Waals surface area (Å²) in [5.74, 6) is 1.01. The molecule has 2 unspecified atom stereocenters. The van der Waals surface area contributed by atoms with Crippen molar-refractivity contribution in [2.45, 2.75) is 43.7 Å². The third-order valence-corrected chi connectivity index (χ3v) is 5.28. The van der Waals surface area contributed by atoms with Crippen molar-refractivity contribution in [3.63, 3.8) is 0 Å². The highest BCUT2D eigenvalue weighted by Gasteiger charge is 2.24. The molecule has 1 aliphatic rings. The third-order valence-electron chi connectivity index (χ3n) is 4.19. The summed E-state index contributed by atoms with van der Waals surface area (Å²) in [5.41, 5.74) is 0.799. The summed E-state index contributed by atoms with van der Waals surface area (Å²) in [7, 11) is 3.14. The van der Waals surface area contributed by atoms with Crippen LogP contribution in [0.5, 0.6) is 11.5 Å². The van der Waals surface area contributed by atoms with E-state index in [2.05, 4.69) is 26.6 Å². The van der Waals surface area contributed by atoms with Crippen LogP contribution in [0.4, 0.5) is 8.78 Å². The molecule has 1 fully saturated rings. The molecule has 1 aromatic rings. The average molecular weight is 501 g/mol. The topological polar surface area (TPSA) is 54.9 Å². The fourth-order valence-electron chi connectivity index (χ4n) is 2.88. The average Bonchev–Trinajstić information content (AvgIpc) is 3.06. The second-order valence-electron chi connectivity index (χ2n) is 5.80. The predicted molar refractivity (Wildman–Crippen MR) is 113 cm³/mol. The highest BCUT2D eigenvalue weighted by atomic mass is 127. The van der Waals surface area contributed by atoms with Crippen LogP contribution in [0.3, 0.4) is 0 Å². The van der Waals surface area contributed by atoms with Crippen molar-refractivity contribution in [1.29, 1.82) is 0 Å². The number of methoxy groups -OCH3 is 1. The number of halogens is 3. The molecule has 0 radical (unpaired) electrons. The number of nitrogens with zero attached hydrogens (tertiary/aromatic N) is 1. The van der Waals surface area contributed by atoms with Gasteiger partial charge in [-0.2, -0.15) is 20.5 Å². The Morgan fingerprint density at radius 3 is 2.69 bits per heavy atom. The fourth-order valence-corrected chi connectivity index (χ4v) is 3.67. The van der Waals surface area contributed by atoms with Gasteiger partial charge in [-0.15, -0.1) is 24.0 Å². The molecule has 0 bridgehead atoms. The minimum atomic E-state index is -2.89. The first-order valence-electron chi connectivity index (χ1n) is 8.17. The molecule has 2 rings (SSSR count). The summed E-state index contributed by atoms with van der Waals surface area (Å²) in [5, 5.41) is 7.33. The Balaban J connectivity index is 0.00000338. The number of nitrogens with one attached hydrogen (secondary N) is 2. The lowest BCUT2D eigenvalue weighted by Gasteiger charge is -2.18. The van der Waals surface area contributed by atoms with Crippen molar-refractivity contribution in [3.8, 4) is 11.5 Å². The lowest BCUT2D eigenvalue weighted by atomic mass is 10.2. The van der Waals surface area contributed by atoms with Crippen LogP contribution in [0.2, 0.25) is 0 Å². The van der Waals surface area contributed by atoms with Gasteiger partial charge in [-0.1, -0.05) is 6.07 Å². The number of aliphatic imine (C=N–C) groups is 1.